The van der Waals surface area contributed by atoms with Crippen LogP contribution in [-0.2, 0) is 14.3 Å². The van der Waals surface area contributed by atoms with E-state index in [2.05, 4.69) is 24.1 Å². The Morgan fingerprint density at radius 2 is 1.90 bits per heavy atom. The van der Waals surface area contributed by atoms with Gasteiger partial charge >= 0.3 is 0 Å². The van der Waals surface area contributed by atoms with Crippen LogP contribution in [0.2, 0.25) is 0 Å². The summed E-state index contributed by atoms with van der Waals surface area (Å²) in [6.45, 7) is 10.0. The van der Waals surface area contributed by atoms with Gasteiger partial charge in [0.15, 0.2) is 0 Å². The highest BCUT2D eigenvalue weighted by molar-refractivity contribution is 7.10. The van der Waals surface area contributed by atoms with Crippen LogP contribution in [0.15, 0.2) is 41.8 Å². The molecule has 0 bridgehead atoms. The highest BCUT2D eigenvalue weighted by Crippen LogP contribution is 2.43. The maximum absolute atomic E-state index is 13.3. The molecule has 2 aliphatic heterocycles. The van der Waals surface area contributed by atoms with Gasteiger partial charge in [-0.25, -0.2) is 0 Å². The smallest absolute Gasteiger partial charge is 0.228 e. The first-order valence-electron chi connectivity index (χ1n) is 10.9. The van der Waals surface area contributed by atoms with Crippen molar-refractivity contribution in [2.24, 2.45) is 5.92 Å². The van der Waals surface area contributed by atoms with Crippen LogP contribution in [0.25, 0.3) is 0 Å². The number of nitrogens with one attached hydrogen (secondary N) is 1. The first-order chi connectivity index (χ1) is 14.9. The Morgan fingerprint density at radius 1 is 1.19 bits per heavy atom. The molecule has 0 spiro atoms. The van der Waals surface area contributed by atoms with Crippen molar-refractivity contribution in [1.82, 2.24) is 10.2 Å². The second kappa shape index (κ2) is 9.10. The number of carbonyl (C=O) groups excluding carboxylic acids is 2. The lowest BCUT2D eigenvalue weighted by Gasteiger charge is -2.41. The van der Waals surface area contributed by atoms with Gasteiger partial charge in [-0.3, -0.25) is 14.5 Å². The summed E-state index contributed by atoms with van der Waals surface area (Å²) in [4.78, 5) is 31.6. The summed E-state index contributed by atoms with van der Waals surface area (Å²) in [5.74, 6) is -0.467. The number of hydrogen-bond acceptors (Lipinski definition) is 5. The topological polar surface area (TPSA) is 61.9 Å². The molecule has 6 nitrogen and oxygen atoms in total. The van der Waals surface area contributed by atoms with Gasteiger partial charge in [0.05, 0.1) is 25.2 Å². The molecule has 2 atom stereocenters. The number of ether oxygens (including phenoxy) is 1. The lowest BCUT2D eigenvalue weighted by molar-refractivity contribution is -0.127. The predicted molar refractivity (Wildman–Crippen MR) is 123 cm³/mol. The first kappa shape index (κ1) is 22.0. The monoisotopic (exact) mass is 441 g/mol. The molecule has 31 heavy (non-hydrogen) atoms. The summed E-state index contributed by atoms with van der Waals surface area (Å²) in [6.07, 6.45) is 0.222. The summed E-state index contributed by atoms with van der Waals surface area (Å²) >= 11 is 1.60. The van der Waals surface area contributed by atoms with Gasteiger partial charge in [0, 0.05) is 42.2 Å². The minimum Gasteiger partial charge on any atom is -0.379 e. The Hall–Kier alpha value is -2.22. The largest absolute Gasteiger partial charge is 0.379 e. The normalized spacial score (nSPS) is 22.7. The number of aryl methyl sites for hydroxylation is 1. The number of nitrogens with zero attached hydrogens (tertiary/aromatic N) is 2. The summed E-state index contributed by atoms with van der Waals surface area (Å²) in [5.41, 5.74) is 1.82. The Morgan fingerprint density at radius 3 is 2.55 bits per heavy atom. The lowest BCUT2D eigenvalue weighted by atomic mass is 9.96. The molecule has 166 valence electrons. The zero-order valence-corrected chi connectivity index (χ0v) is 19.3. The molecule has 2 amide bonds. The standard InChI is InChI=1S/C24H31N3O3S/c1-17-6-8-18(9-7-17)27-21(28)15-19(22(27)20-5-4-14-31-20)23(29)25-16-24(2,3)26-10-12-30-13-11-26/h4-9,14,19,22H,10-13,15-16H2,1-3H3,(H,25,29). The third kappa shape index (κ3) is 4.68. The fraction of sp³-hybridized carbons (Fsp3) is 0.500. The molecule has 1 N–H and O–H groups in total. The maximum Gasteiger partial charge on any atom is 0.228 e. The fourth-order valence-corrected chi connectivity index (χ4v) is 5.36. The quantitative estimate of drug-likeness (QED) is 0.747. The molecule has 1 aromatic heterocycles. The molecule has 3 heterocycles. The third-order valence-electron chi connectivity index (χ3n) is 6.37. The number of anilines is 1. The molecule has 2 saturated heterocycles. The number of rotatable bonds is 6. The van der Waals surface area contributed by atoms with Crippen LogP contribution < -0.4 is 10.2 Å². The van der Waals surface area contributed by atoms with Gasteiger partial charge in [-0.2, -0.15) is 0 Å². The minimum absolute atomic E-state index is 0.00478. The second-order valence-electron chi connectivity index (χ2n) is 9.00. The van der Waals surface area contributed by atoms with Crippen molar-refractivity contribution in [3.63, 3.8) is 0 Å². The van der Waals surface area contributed by atoms with E-state index in [0.717, 1.165) is 42.4 Å². The van der Waals surface area contributed by atoms with Crippen molar-refractivity contribution in [2.45, 2.75) is 38.8 Å². The van der Waals surface area contributed by atoms with Gasteiger partial charge in [0.25, 0.3) is 0 Å². The summed E-state index contributed by atoms with van der Waals surface area (Å²) in [5, 5.41) is 5.16. The summed E-state index contributed by atoms with van der Waals surface area (Å²) in [7, 11) is 0. The van der Waals surface area contributed by atoms with E-state index in [1.807, 2.05) is 53.6 Å². The molecule has 2 fully saturated rings. The molecule has 2 aliphatic rings. The Bertz CT molecular complexity index is 905. The van der Waals surface area contributed by atoms with E-state index in [-0.39, 0.29) is 29.8 Å². The highest BCUT2D eigenvalue weighted by atomic mass is 32.1. The third-order valence-corrected chi connectivity index (χ3v) is 7.31. The van der Waals surface area contributed by atoms with E-state index < -0.39 is 5.92 Å². The van der Waals surface area contributed by atoms with E-state index in [1.54, 1.807) is 11.3 Å². The molecular formula is C24H31N3O3S. The van der Waals surface area contributed by atoms with E-state index in [0.29, 0.717) is 6.54 Å². The van der Waals surface area contributed by atoms with Crippen LogP contribution in [0.3, 0.4) is 0 Å². The van der Waals surface area contributed by atoms with Crippen molar-refractivity contribution in [3.8, 4) is 0 Å². The van der Waals surface area contributed by atoms with Crippen LogP contribution in [0.1, 0.15) is 36.8 Å². The number of carbonyl (C=O) groups is 2. The zero-order chi connectivity index (χ0) is 22.0. The number of benzene rings is 1. The number of thiophene rings is 1. The van der Waals surface area contributed by atoms with E-state index in [9.17, 15) is 9.59 Å². The molecule has 7 heteroatoms. The van der Waals surface area contributed by atoms with Crippen molar-refractivity contribution in [1.29, 1.82) is 0 Å². The van der Waals surface area contributed by atoms with Crippen molar-refractivity contribution >= 4 is 28.8 Å². The molecule has 0 saturated carbocycles. The van der Waals surface area contributed by atoms with Gasteiger partial charge in [-0.1, -0.05) is 23.8 Å². The average Bonchev–Trinajstić information content (AvgIpc) is 3.41. The second-order valence-corrected chi connectivity index (χ2v) is 9.98. The van der Waals surface area contributed by atoms with Crippen LogP contribution in [-0.4, -0.2) is 55.1 Å². The van der Waals surface area contributed by atoms with Crippen molar-refractivity contribution < 1.29 is 14.3 Å². The first-order valence-corrected chi connectivity index (χ1v) is 11.8. The van der Waals surface area contributed by atoms with Gasteiger partial charge in [0.1, 0.15) is 0 Å². The molecule has 2 aromatic rings. The molecule has 1 aromatic carbocycles. The SMILES string of the molecule is Cc1ccc(N2C(=O)CC(C(=O)NCC(C)(C)N3CCOCC3)C2c2cccs2)cc1. The maximum atomic E-state index is 13.3. The summed E-state index contributed by atoms with van der Waals surface area (Å²) in [6, 6.07) is 11.7. The van der Waals surface area contributed by atoms with Crippen LogP contribution in [0, 0.1) is 12.8 Å². The average molecular weight is 442 g/mol. The Kier molecular flexibility index (Phi) is 6.46. The molecular weight excluding hydrogens is 410 g/mol. The number of morpholine rings is 1. The minimum atomic E-state index is -0.409. The van der Waals surface area contributed by atoms with Gasteiger partial charge in [0.2, 0.25) is 11.8 Å². The van der Waals surface area contributed by atoms with Crippen LogP contribution >= 0.6 is 11.3 Å². The molecule has 2 unspecified atom stereocenters. The van der Waals surface area contributed by atoms with Gasteiger partial charge in [-0.05, 0) is 44.4 Å². The van der Waals surface area contributed by atoms with Gasteiger partial charge in [-0.15, -0.1) is 11.3 Å². The Balaban J connectivity index is 1.53. The van der Waals surface area contributed by atoms with Crippen LogP contribution in [0.5, 0.6) is 0 Å². The van der Waals surface area contributed by atoms with E-state index >= 15 is 0 Å². The van der Waals surface area contributed by atoms with E-state index in [4.69, 9.17) is 4.74 Å². The van der Waals surface area contributed by atoms with Gasteiger partial charge < -0.3 is 15.0 Å². The molecule has 0 radical (unpaired) electrons. The highest BCUT2D eigenvalue weighted by Gasteiger charge is 2.46. The summed E-state index contributed by atoms with van der Waals surface area (Å²) < 4.78 is 5.46. The van der Waals surface area contributed by atoms with Crippen LogP contribution in [0.4, 0.5) is 5.69 Å². The number of amides is 2. The number of hydrogen-bond donors (Lipinski definition) is 1. The Labute approximate surface area is 188 Å². The predicted octanol–water partition coefficient (Wildman–Crippen LogP) is 3.38. The molecule has 4 rings (SSSR count). The van der Waals surface area contributed by atoms with Crippen molar-refractivity contribution in [2.75, 3.05) is 37.7 Å². The fourth-order valence-electron chi connectivity index (χ4n) is 4.48. The van der Waals surface area contributed by atoms with Crippen molar-refractivity contribution in [3.05, 3.63) is 52.2 Å². The zero-order valence-electron chi connectivity index (χ0n) is 18.5. The molecule has 0 aliphatic carbocycles. The lowest BCUT2D eigenvalue weighted by Crippen LogP contribution is -2.56. The van der Waals surface area contributed by atoms with E-state index in [1.165, 1.54) is 0 Å².